The van der Waals surface area contributed by atoms with E-state index in [0.717, 1.165) is 14.0 Å². The minimum Gasteiger partial charge on any atom is -0.495 e. The van der Waals surface area contributed by atoms with E-state index in [1.807, 2.05) is 0 Å². The third-order valence-corrected chi connectivity index (χ3v) is 4.29. The molecule has 0 aliphatic carbocycles. The monoisotopic (exact) mass is 489 g/mol. The molecule has 0 aliphatic rings. The van der Waals surface area contributed by atoms with E-state index in [0.29, 0.717) is 11.0 Å². The zero-order valence-corrected chi connectivity index (χ0v) is 17.8. The van der Waals surface area contributed by atoms with Crippen LogP contribution in [0, 0.1) is 0 Å². The summed E-state index contributed by atoms with van der Waals surface area (Å²) < 4.78 is 93.7. The maximum absolute atomic E-state index is 13.2. The summed E-state index contributed by atoms with van der Waals surface area (Å²) in [5.74, 6) is -4.33. The van der Waals surface area contributed by atoms with Crippen molar-refractivity contribution >= 4 is 23.5 Å². The van der Waals surface area contributed by atoms with Gasteiger partial charge in [0.1, 0.15) is 5.75 Å². The number of anilines is 1. The molecular weight excluding hydrogens is 468 g/mol. The maximum Gasteiger partial charge on any atom is 0.430 e. The van der Waals surface area contributed by atoms with Crippen LogP contribution in [-0.2, 0) is 29.5 Å². The molecule has 0 bridgehead atoms. The summed E-state index contributed by atoms with van der Waals surface area (Å²) in [6.07, 6.45) is -12.3. The Morgan fingerprint density at radius 3 is 1.76 bits per heavy atom. The Morgan fingerprint density at radius 1 is 0.970 bits per heavy atom. The number of alkyl halides is 6. The molecule has 1 rings (SSSR count). The number of benzene rings is 1. The molecule has 186 valence electrons. The standard InChI is InChI=1S/C19H21F6NO7/c1-5-32-15(28)14(16(29)33-6-2)26(10(3)27)12-8-7-11(9-13(12)31-4)17(30,18(20,21)22)19(23,24)25/h7-9,14,30H,5-6H2,1-4H3. The molecule has 0 fully saturated rings. The van der Waals surface area contributed by atoms with Gasteiger partial charge in [-0.25, -0.2) is 9.59 Å². The van der Waals surface area contributed by atoms with E-state index in [4.69, 9.17) is 14.2 Å². The summed E-state index contributed by atoms with van der Waals surface area (Å²) in [6.45, 7) is 3.22. The van der Waals surface area contributed by atoms with Crippen molar-refractivity contribution in [1.29, 1.82) is 0 Å². The smallest absolute Gasteiger partial charge is 0.430 e. The zero-order chi connectivity index (χ0) is 25.8. The van der Waals surface area contributed by atoms with Crippen molar-refractivity contribution in [2.24, 2.45) is 0 Å². The van der Waals surface area contributed by atoms with Gasteiger partial charge in [-0.2, -0.15) is 26.3 Å². The number of nitrogens with zero attached hydrogens (tertiary/aromatic N) is 1. The van der Waals surface area contributed by atoms with Gasteiger partial charge in [0, 0.05) is 12.5 Å². The van der Waals surface area contributed by atoms with Crippen LogP contribution in [-0.4, -0.2) is 61.7 Å². The predicted octanol–water partition coefficient (Wildman–Crippen LogP) is 2.86. The SMILES string of the molecule is CCOC(=O)C(C(=O)OCC)N(C(C)=O)c1ccc(C(O)(C(F)(F)F)C(F)(F)F)cc1OC. The third kappa shape index (κ3) is 5.49. The van der Waals surface area contributed by atoms with Crippen LogP contribution in [0.4, 0.5) is 32.0 Å². The minimum atomic E-state index is -6.17. The molecule has 1 amide bonds. The fourth-order valence-corrected chi connectivity index (χ4v) is 2.83. The van der Waals surface area contributed by atoms with Crippen LogP contribution >= 0.6 is 0 Å². The molecule has 0 unspecified atom stereocenters. The molecule has 0 radical (unpaired) electrons. The highest BCUT2D eigenvalue weighted by Gasteiger charge is 2.71. The van der Waals surface area contributed by atoms with E-state index in [-0.39, 0.29) is 25.3 Å². The number of hydrogen-bond donors (Lipinski definition) is 1. The number of amides is 1. The average molecular weight is 489 g/mol. The van der Waals surface area contributed by atoms with Crippen LogP contribution < -0.4 is 9.64 Å². The molecule has 0 atom stereocenters. The van der Waals surface area contributed by atoms with Gasteiger partial charge in [-0.3, -0.25) is 9.69 Å². The number of aliphatic hydroxyl groups is 1. The van der Waals surface area contributed by atoms with Gasteiger partial charge in [0.05, 0.1) is 26.0 Å². The number of carbonyl (C=O) groups is 3. The molecule has 8 nitrogen and oxygen atoms in total. The normalized spacial score (nSPS) is 12.4. The van der Waals surface area contributed by atoms with Crippen molar-refractivity contribution in [3.05, 3.63) is 23.8 Å². The Kier molecular flexibility index (Phi) is 8.72. The molecule has 1 aromatic carbocycles. The van der Waals surface area contributed by atoms with E-state index in [9.17, 15) is 45.8 Å². The number of ether oxygens (including phenoxy) is 3. The van der Waals surface area contributed by atoms with Crippen molar-refractivity contribution in [2.45, 2.75) is 44.8 Å². The lowest BCUT2D eigenvalue weighted by molar-refractivity contribution is -0.376. The van der Waals surface area contributed by atoms with Crippen molar-refractivity contribution in [3.63, 3.8) is 0 Å². The molecule has 1 N–H and O–H groups in total. The fraction of sp³-hybridized carbons (Fsp3) is 0.526. The number of hydrogen-bond acceptors (Lipinski definition) is 7. The highest BCUT2D eigenvalue weighted by Crippen LogP contribution is 2.51. The minimum absolute atomic E-state index is 0.194. The second kappa shape index (κ2) is 10.3. The van der Waals surface area contributed by atoms with E-state index in [2.05, 4.69) is 0 Å². The Labute approximate surface area is 184 Å². The number of methoxy groups -OCH3 is 1. The molecule has 14 heteroatoms. The first kappa shape index (κ1) is 28.0. The number of carbonyl (C=O) groups excluding carboxylic acids is 3. The number of halogens is 6. The first-order valence-corrected chi connectivity index (χ1v) is 9.25. The molecule has 0 aliphatic heterocycles. The lowest BCUT2D eigenvalue weighted by Gasteiger charge is -2.34. The van der Waals surface area contributed by atoms with E-state index >= 15 is 0 Å². The Balaban J connectivity index is 3.79. The second-order valence-corrected chi connectivity index (χ2v) is 6.39. The van der Waals surface area contributed by atoms with Gasteiger partial charge in [0.25, 0.3) is 5.60 Å². The van der Waals surface area contributed by atoms with E-state index in [1.165, 1.54) is 13.8 Å². The molecule has 1 aromatic rings. The lowest BCUT2D eigenvalue weighted by atomic mass is 9.91. The van der Waals surface area contributed by atoms with Crippen LogP contribution in [0.25, 0.3) is 0 Å². The molecule has 0 saturated heterocycles. The predicted molar refractivity (Wildman–Crippen MR) is 99.2 cm³/mol. The molecule has 33 heavy (non-hydrogen) atoms. The zero-order valence-electron chi connectivity index (χ0n) is 17.8. The van der Waals surface area contributed by atoms with Gasteiger partial charge in [0.15, 0.2) is 0 Å². The van der Waals surface area contributed by atoms with E-state index < -0.39 is 58.8 Å². The average Bonchev–Trinajstić information content (AvgIpc) is 2.69. The molecule has 0 heterocycles. The lowest BCUT2D eigenvalue weighted by Crippen LogP contribution is -2.54. The topological polar surface area (TPSA) is 102 Å². The van der Waals surface area contributed by atoms with Gasteiger partial charge < -0.3 is 19.3 Å². The van der Waals surface area contributed by atoms with Gasteiger partial charge in [-0.1, -0.05) is 6.07 Å². The second-order valence-electron chi connectivity index (χ2n) is 6.39. The number of rotatable bonds is 8. The highest BCUT2D eigenvalue weighted by atomic mass is 19.4. The molecular formula is C19H21F6NO7. The van der Waals surface area contributed by atoms with Gasteiger partial charge in [-0.05, 0) is 26.0 Å². The van der Waals surface area contributed by atoms with Crippen molar-refractivity contribution in [2.75, 3.05) is 25.2 Å². The van der Waals surface area contributed by atoms with Crippen molar-refractivity contribution in [1.82, 2.24) is 0 Å². The quantitative estimate of drug-likeness (QED) is 0.340. The third-order valence-electron chi connectivity index (χ3n) is 4.29. The Morgan fingerprint density at radius 2 is 1.42 bits per heavy atom. The summed E-state index contributed by atoms with van der Waals surface area (Å²) in [6, 6.07) is -1.09. The highest BCUT2D eigenvalue weighted by molar-refractivity contribution is 6.10. The van der Waals surface area contributed by atoms with Crippen LogP contribution in [0.1, 0.15) is 26.3 Å². The fourth-order valence-electron chi connectivity index (χ4n) is 2.83. The molecule has 0 saturated carbocycles. The van der Waals surface area contributed by atoms with Crippen LogP contribution in [0.5, 0.6) is 5.75 Å². The first-order chi connectivity index (χ1) is 15.1. The van der Waals surface area contributed by atoms with Gasteiger partial charge in [0.2, 0.25) is 11.9 Å². The van der Waals surface area contributed by atoms with Gasteiger partial charge in [-0.15, -0.1) is 0 Å². The Bertz CT molecular complexity index is 852. The summed E-state index contributed by atoms with van der Waals surface area (Å²) in [7, 11) is 0.852. The molecule has 0 spiro atoms. The summed E-state index contributed by atoms with van der Waals surface area (Å²) in [4.78, 5) is 37.5. The van der Waals surface area contributed by atoms with Gasteiger partial charge >= 0.3 is 24.3 Å². The Hall–Kier alpha value is -3.03. The van der Waals surface area contributed by atoms with Crippen molar-refractivity contribution < 1.29 is 60.0 Å². The summed E-state index contributed by atoms with van der Waals surface area (Å²) in [5, 5.41) is 9.61. The largest absolute Gasteiger partial charge is 0.495 e. The number of esters is 2. The molecule has 0 aromatic heterocycles. The summed E-state index contributed by atoms with van der Waals surface area (Å²) in [5.41, 5.74) is -7.49. The van der Waals surface area contributed by atoms with Crippen LogP contribution in [0.2, 0.25) is 0 Å². The van der Waals surface area contributed by atoms with E-state index in [1.54, 1.807) is 0 Å². The van der Waals surface area contributed by atoms with Crippen LogP contribution in [0.15, 0.2) is 18.2 Å². The first-order valence-electron chi connectivity index (χ1n) is 9.25. The van der Waals surface area contributed by atoms with Crippen molar-refractivity contribution in [3.8, 4) is 5.75 Å². The van der Waals surface area contributed by atoms with Crippen LogP contribution in [0.3, 0.4) is 0 Å². The summed E-state index contributed by atoms with van der Waals surface area (Å²) >= 11 is 0. The maximum atomic E-state index is 13.2.